The second-order valence-corrected chi connectivity index (χ2v) is 10.8. The number of likely N-dealkylation sites (N-methyl/N-ethyl adjacent to an activating group) is 1. The number of methoxy groups -OCH3 is 1. The molecule has 0 amide bonds. The van der Waals surface area contributed by atoms with Crippen molar-refractivity contribution in [3.05, 3.63) is 108 Å². The molecule has 2 aliphatic heterocycles. The number of carbonyl (C=O) groups is 1. The first kappa shape index (κ1) is 27.9. The molecule has 39 heavy (non-hydrogen) atoms. The van der Waals surface area contributed by atoms with E-state index in [-0.39, 0.29) is 17.8 Å². The van der Waals surface area contributed by atoms with Crippen LogP contribution in [0.25, 0.3) is 0 Å². The van der Waals surface area contributed by atoms with Crippen molar-refractivity contribution in [2.24, 2.45) is 0 Å². The Kier molecular flexibility index (Phi) is 8.41. The number of hydrogen-bond acceptors (Lipinski definition) is 3. The summed E-state index contributed by atoms with van der Waals surface area (Å²) in [6.07, 6.45) is 22.1. The van der Waals surface area contributed by atoms with E-state index in [0.717, 1.165) is 36.3 Å². The molecule has 2 aromatic carbocycles. The summed E-state index contributed by atoms with van der Waals surface area (Å²) in [5, 5.41) is 0. The average Bonchev–Trinajstić information content (AvgIpc) is 3.27. The summed E-state index contributed by atoms with van der Waals surface area (Å²) in [7, 11) is 3.49. The lowest BCUT2D eigenvalue weighted by atomic mass is 9.78. The van der Waals surface area contributed by atoms with Gasteiger partial charge in [-0.1, -0.05) is 66.8 Å². The van der Waals surface area contributed by atoms with Gasteiger partial charge in [-0.3, -0.25) is 4.79 Å². The number of nitrogens with zero attached hydrogens (tertiary/aromatic N) is 2. The topological polar surface area (TPSA) is 32.5 Å². The Morgan fingerprint density at radius 2 is 1.67 bits per heavy atom. The third kappa shape index (κ3) is 5.40. The number of hydrogen-bond donors (Lipinski definition) is 0. The highest BCUT2D eigenvalue weighted by Crippen LogP contribution is 2.49. The second kappa shape index (κ2) is 11.7. The van der Waals surface area contributed by atoms with Gasteiger partial charge in [0.05, 0.1) is 18.9 Å². The molecule has 1 atom stereocenters. The van der Waals surface area contributed by atoms with Crippen LogP contribution in [0.2, 0.25) is 0 Å². The molecule has 0 bridgehead atoms. The molecule has 2 heterocycles. The molecule has 0 radical (unpaired) electrons. The van der Waals surface area contributed by atoms with Crippen molar-refractivity contribution in [3.63, 3.8) is 0 Å². The molecule has 2 aliphatic rings. The van der Waals surface area contributed by atoms with Gasteiger partial charge in [0.1, 0.15) is 6.54 Å². The van der Waals surface area contributed by atoms with Gasteiger partial charge in [-0.25, -0.2) is 0 Å². The maximum Gasteiger partial charge on any atom is 0.306 e. The molecule has 2 aromatic rings. The predicted octanol–water partition coefficient (Wildman–Crippen LogP) is 7.00. The highest BCUT2D eigenvalue weighted by atomic mass is 16.5. The Hall–Kier alpha value is -4.10. The van der Waals surface area contributed by atoms with Crippen LogP contribution in [0.5, 0.6) is 0 Å². The Labute approximate surface area is 233 Å². The SMILES string of the molecule is C#CCCC[N+]1=C(/C=C/C=C/C=C/C=C2/N(C)c3ccccc3C2(C)CC(=O)OC)C(C)(C)c2ccccc21. The van der Waals surface area contributed by atoms with Crippen molar-refractivity contribution in [1.82, 2.24) is 0 Å². The molecule has 200 valence electrons. The summed E-state index contributed by atoms with van der Waals surface area (Å²) in [6, 6.07) is 16.9. The average molecular weight is 520 g/mol. The lowest BCUT2D eigenvalue weighted by Gasteiger charge is -2.27. The first-order valence-electron chi connectivity index (χ1n) is 13.6. The van der Waals surface area contributed by atoms with Gasteiger partial charge in [-0.05, 0) is 38.5 Å². The number of unbranched alkanes of at least 4 members (excludes halogenated alkanes) is 1. The van der Waals surface area contributed by atoms with Gasteiger partial charge in [0.2, 0.25) is 5.69 Å². The molecule has 0 saturated carbocycles. The summed E-state index contributed by atoms with van der Waals surface area (Å²) in [6.45, 7) is 7.58. The van der Waals surface area contributed by atoms with Crippen LogP contribution in [0.3, 0.4) is 0 Å². The third-order valence-corrected chi connectivity index (χ3v) is 7.97. The lowest BCUT2D eigenvalue weighted by Crippen LogP contribution is -2.29. The number of allylic oxidation sites excluding steroid dienone is 8. The largest absolute Gasteiger partial charge is 0.469 e. The Balaban J connectivity index is 1.53. The fourth-order valence-corrected chi connectivity index (χ4v) is 5.92. The van der Waals surface area contributed by atoms with E-state index in [0.29, 0.717) is 0 Å². The van der Waals surface area contributed by atoms with Gasteiger partial charge in [0, 0.05) is 54.4 Å². The molecule has 4 rings (SSSR count). The molecule has 0 fully saturated rings. The van der Waals surface area contributed by atoms with Crippen LogP contribution < -0.4 is 4.90 Å². The van der Waals surface area contributed by atoms with E-state index in [1.165, 1.54) is 24.1 Å². The van der Waals surface area contributed by atoms with Crippen molar-refractivity contribution in [3.8, 4) is 12.3 Å². The molecule has 4 nitrogen and oxygen atoms in total. The number of ether oxygens (including phenoxy) is 1. The van der Waals surface area contributed by atoms with Crippen molar-refractivity contribution in [2.75, 3.05) is 25.6 Å². The summed E-state index contributed by atoms with van der Waals surface area (Å²) < 4.78 is 7.43. The molecule has 4 heteroatoms. The maximum atomic E-state index is 12.3. The van der Waals surface area contributed by atoms with Gasteiger partial charge in [0.25, 0.3) is 0 Å². The van der Waals surface area contributed by atoms with Crippen LogP contribution in [0.1, 0.15) is 51.2 Å². The lowest BCUT2D eigenvalue weighted by molar-refractivity contribution is -0.438. The van der Waals surface area contributed by atoms with Crippen molar-refractivity contribution >= 4 is 23.1 Å². The number of carbonyl (C=O) groups excluding carboxylic acids is 1. The number of fused-ring (bicyclic) bond motifs is 2. The first-order valence-corrected chi connectivity index (χ1v) is 13.6. The fourth-order valence-electron chi connectivity index (χ4n) is 5.92. The summed E-state index contributed by atoms with van der Waals surface area (Å²) in [4.78, 5) is 14.5. The van der Waals surface area contributed by atoms with Gasteiger partial charge >= 0.3 is 5.97 Å². The maximum absolute atomic E-state index is 12.3. The second-order valence-electron chi connectivity index (χ2n) is 10.8. The van der Waals surface area contributed by atoms with E-state index in [2.05, 4.69) is 96.9 Å². The molecule has 0 aliphatic carbocycles. The zero-order valence-electron chi connectivity index (χ0n) is 23.8. The van der Waals surface area contributed by atoms with Crippen LogP contribution in [0.4, 0.5) is 11.4 Å². The van der Waals surface area contributed by atoms with E-state index in [1.807, 2.05) is 37.4 Å². The molecular weight excluding hydrogens is 480 g/mol. The Morgan fingerprint density at radius 1 is 1.00 bits per heavy atom. The standard InChI is InChI=1S/C35H39N2O2/c1-7-8-18-25-37-30-22-17-14-19-27(30)34(2,3)31(37)23-12-10-9-11-13-24-32-35(4,26-33(38)39-6)28-20-15-16-21-29(28)36(32)5/h1,9-17,19-24H,8,18,25-26H2,2-6H3/q+1. The van der Waals surface area contributed by atoms with Crippen LogP contribution in [-0.2, 0) is 20.4 Å². The highest BCUT2D eigenvalue weighted by molar-refractivity contribution is 6.03. The van der Waals surface area contributed by atoms with Gasteiger partial charge < -0.3 is 9.64 Å². The number of rotatable bonds is 9. The third-order valence-electron chi connectivity index (χ3n) is 7.97. The minimum Gasteiger partial charge on any atom is -0.469 e. The van der Waals surface area contributed by atoms with E-state index in [4.69, 9.17) is 11.2 Å². The van der Waals surface area contributed by atoms with Crippen molar-refractivity contribution in [1.29, 1.82) is 0 Å². The quantitative estimate of drug-likeness (QED) is 0.118. The van der Waals surface area contributed by atoms with Gasteiger partial charge in [-0.2, -0.15) is 4.58 Å². The summed E-state index contributed by atoms with van der Waals surface area (Å²) in [5.74, 6) is 2.55. The molecule has 1 unspecified atom stereocenters. The Bertz CT molecular complexity index is 1430. The van der Waals surface area contributed by atoms with Crippen molar-refractivity contribution in [2.45, 2.75) is 50.9 Å². The summed E-state index contributed by atoms with van der Waals surface area (Å²) in [5.41, 5.74) is 6.69. The predicted molar refractivity (Wildman–Crippen MR) is 162 cm³/mol. The Morgan fingerprint density at radius 3 is 2.41 bits per heavy atom. The van der Waals surface area contributed by atoms with Crippen molar-refractivity contribution < 1.29 is 14.1 Å². The molecular formula is C35H39N2O2+. The molecule has 0 N–H and O–H groups in total. The van der Waals surface area contributed by atoms with Gasteiger partial charge in [0.15, 0.2) is 5.71 Å². The van der Waals surface area contributed by atoms with E-state index < -0.39 is 5.41 Å². The van der Waals surface area contributed by atoms with E-state index in [9.17, 15) is 4.79 Å². The van der Waals surface area contributed by atoms with E-state index in [1.54, 1.807) is 0 Å². The zero-order valence-corrected chi connectivity index (χ0v) is 23.8. The number of benzene rings is 2. The normalized spacial score (nSPS) is 20.8. The van der Waals surface area contributed by atoms with Crippen LogP contribution >= 0.6 is 0 Å². The smallest absolute Gasteiger partial charge is 0.306 e. The molecule has 0 aromatic heterocycles. The zero-order chi connectivity index (χ0) is 28.0. The van der Waals surface area contributed by atoms with Gasteiger partial charge in [-0.15, -0.1) is 12.3 Å². The van der Waals surface area contributed by atoms with Crippen LogP contribution in [0, 0.1) is 12.3 Å². The minimum atomic E-state index is -0.449. The minimum absolute atomic E-state index is 0.0799. The number of terminal acetylenes is 1. The van der Waals surface area contributed by atoms with E-state index >= 15 is 0 Å². The molecule has 0 saturated heterocycles. The number of esters is 1. The first-order chi connectivity index (χ1) is 18.8. The summed E-state index contributed by atoms with van der Waals surface area (Å²) >= 11 is 0. The number of para-hydroxylation sites is 2. The van der Waals surface area contributed by atoms with Crippen LogP contribution in [-0.4, -0.2) is 37.0 Å². The van der Waals surface area contributed by atoms with Crippen LogP contribution in [0.15, 0.2) is 96.8 Å². The fraction of sp³-hybridized carbons (Fsp3) is 0.314. The molecule has 0 spiro atoms. The number of anilines is 1. The monoisotopic (exact) mass is 519 g/mol. The highest BCUT2D eigenvalue weighted by Gasteiger charge is 2.44.